The Morgan fingerprint density at radius 3 is 2.50 bits per heavy atom. The number of nitriles is 1. The lowest BCUT2D eigenvalue weighted by Crippen LogP contribution is -2.45. The van der Waals surface area contributed by atoms with Gasteiger partial charge in [0.2, 0.25) is 0 Å². The van der Waals surface area contributed by atoms with E-state index in [-0.39, 0.29) is 5.91 Å². The van der Waals surface area contributed by atoms with Gasteiger partial charge in [-0.15, -0.1) is 0 Å². The number of benzene rings is 3. The van der Waals surface area contributed by atoms with Gasteiger partial charge in [-0.25, -0.2) is 10.0 Å². The van der Waals surface area contributed by atoms with Crippen LogP contribution in [-0.2, 0) is 0 Å². The Kier molecular flexibility index (Phi) is 5.76. The topological polar surface area (TPSA) is 68.5 Å². The average molecular weight is 439 g/mol. The van der Waals surface area contributed by atoms with Gasteiger partial charge in [0.25, 0.3) is 5.91 Å². The third kappa shape index (κ3) is 4.05. The molecule has 1 fully saturated rings. The summed E-state index contributed by atoms with van der Waals surface area (Å²) in [6, 6.07) is 23.6. The van der Waals surface area contributed by atoms with Crippen molar-refractivity contribution in [2.24, 2.45) is 4.99 Å². The summed E-state index contributed by atoms with van der Waals surface area (Å²) in [4.78, 5) is 20.0. The SMILES string of the molecule is N#Cc1ccccc1C1=Nc2cc(C(=O)NN3CCCCC3)ccc2Sc2ccccc21. The van der Waals surface area contributed by atoms with Gasteiger partial charge in [-0.2, -0.15) is 5.26 Å². The molecule has 2 aliphatic rings. The maximum atomic E-state index is 12.9. The van der Waals surface area contributed by atoms with E-state index in [0.29, 0.717) is 11.1 Å². The number of aliphatic imine (C=N–C) groups is 1. The monoisotopic (exact) mass is 438 g/mol. The van der Waals surface area contributed by atoms with Crippen LogP contribution in [0.2, 0.25) is 0 Å². The largest absolute Gasteiger partial charge is 0.285 e. The van der Waals surface area contributed by atoms with Crippen molar-refractivity contribution in [3.63, 3.8) is 0 Å². The van der Waals surface area contributed by atoms with Gasteiger partial charge in [0.1, 0.15) is 0 Å². The van der Waals surface area contributed by atoms with E-state index in [2.05, 4.69) is 17.6 Å². The molecule has 158 valence electrons. The zero-order chi connectivity index (χ0) is 21.9. The first-order chi connectivity index (χ1) is 15.7. The van der Waals surface area contributed by atoms with Crippen LogP contribution in [0.25, 0.3) is 0 Å². The molecule has 1 amide bonds. The number of hydrazine groups is 1. The lowest BCUT2D eigenvalue weighted by molar-refractivity contribution is 0.0750. The first kappa shape index (κ1) is 20.5. The van der Waals surface area contributed by atoms with Crippen LogP contribution in [0.1, 0.15) is 46.3 Å². The Balaban J connectivity index is 1.58. The minimum atomic E-state index is -0.115. The lowest BCUT2D eigenvalue weighted by atomic mass is 9.97. The molecular weight excluding hydrogens is 416 g/mol. The highest BCUT2D eigenvalue weighted by Crippen LogP contribution is 2.41. The molecule has 1 N–H and O–H groups in total. The molecule has 3 aromatic rings. The summed E-state index contributed by atoms with van der Waals surface area (Å²) in [7, 11) is 0. The Morgan fingerprint density at radius 2 is 1.69 bits per heavy atom. The quantitative estimate of drug-likeness (QED) is 0.470. The molecule has 2 aliphatic heterocycles. The van der Waals surface area contributed by atoms with Crippen LogP contribution in [0.4, 0.5) is 5.69 Å². The maximum Gasteiger partial charge on any atom is 0.265 e. The zero-order valence-electron chi connectivity index (χ0n) is 17.5. The molecule has 32 heavy (non-hydrogen) atoms. The second-order valence-electron chi connectivity index (χ2n) is 7.89. The molecule has 3 aromatic carbocycles. The third-order valence-electron chi connectivity index (χ3n) is 5.73. The number of hydrogen-bond donors (Lipinski definition) is 1. The van der Waals surface area contributed by atoms with Crippen molar-refractivity contribution < 1.29 is 4.79 Å². The van der Waals surface area contributed by atoms with Gasteiger partial charge in [0.15, 0.2) is 0 Å². The first-order valence-corrected chi connectivity index (χ1v) is 11.6. The molecule has 0 aromatic heterocycles. The van der Waals surface area contributed by atoms with E-state index in [1.54, 1.807) is 11.8 Å². The molecule has 2 heterocycles. The molecule has 0 atom stereocenters. The van der Waals surface area contributed by atoms with E-state index < -0.39 is 0 Å². The smallest absolute Gasteiger partial charge is 0.265 e. The van der Waals surface area contributed by atoms with Crippen molar-refractivity contribution in [2.75, 3.05) is 13.1 Å². The van der Waals surface area contributed by atoms with Gasteiger partial charge in [0.05, 0.1) is 23.0 Å². The van der Waals surface area contributed by atoms with E-state index in [1.807, 2.05) is 65.7 Å². The van der Waals surface area contributed by atoms with E-state index in [0.717, 1.165) is 58.2 Å². The van der Waals surface area contributed by atoms with Gasteiger partial charge in [-0.1, -0.05) is 54.6 Å². The van der Waals surface area contributed by atoms with Crippen LogP contribution in [0.3, 0.4) is 0 Å². The molecule has 0 bridgehead atoms. The highest BCUT2D eigenvalue weighted by atomic mass is 32.2. The van der Waals surface area contributed by atoms with Crippen LogP contribution in [0.5, 0.6) is 0 Å². The fourth-order valence-electron chi connectivity index (χ4n) is 4.09. The van der Waals surface area contributed by atoms with E-state index in [9.17, 15) is 10.1 Å². The second-order valence-corrected chi connectivity index (χ2v) is 8.97. The van der Waals surface area contributed by atoms with Gasteiger partial charge in [-0.3, -0.25) is 10.2 Å². The molecule has 0 spiro atoms. The summed E-state index contributed by atoms with van der Waals surface area (Å²) in [6.07, 6.45) is 3.42. The highest BCUT2D eigenvalue weighted by molar-refractivity contribution is 7.99. The number of nitrogens with zero attached hydrogens (tertiary/aromatic N) is 3. The molecular formula is C26H22N4OS. The minimum Gasteiger partial charge on any atom is -0.285 e. The van der Waals surface area contributed by atoms with Crippen LogP contribution in [0.15, 0.2) is 81.5 Å². The normalized spacial score (nSPS) is 15.5. The van der Waals surface area contributed by atoms with Crippen LogP contribution >= 0.6 is 11.8 Å². The van der Waals surface area contributed by atoms with Crippen molar-refractivity contribution in [2.45, 2.75) is 29.1 Å². The van der Waals surface area contributed by atoms with Gasteiger partial charge in [-0.05, 0) is 43.2 Å². The summed E-state index contributed by atoms with van der Waals surface area (Å²) in [5, 5.41) is 11.7. The van der Waals surface area contributed by atoms with Crippen molar-refractivity contribution in [1.82, 2.24) is 10.4 Å². The molecule has 5 nitrogen and oxygen atoms in total. The van der Waals surface area contributed by atoms with E-state index in [1.165, 1.54) is 6.42 Å². The molecule has 5 rings (SSSR count). The number of amides is 1. The van der Waals surface area contributed by atoms with Crippen molar-refractivity contribution >= 4 is 29.1 Å². The molecule has 0 saturated carbocycles. The van der Waals surface area contributed by atoms with Gasteiger partial charge >= 0.3 is 0 Å². The molecule has 1 saturated heterocycles. The second kappa shape index (κ2) is 8.99. The van der Waals surface area contributed by atoms with Gasteiger partial charge in [0, 0.05) is 39.6 Å². The molecule has 0 aliphatic carbocycles. The minimum absolute atomic E-state index is 0.115. The summed E-state index contributed by atoms with van der Waals surface area (Å²) >= 11 is 1.63. The predicted octanol–water partition coefficient (Wildman–Crippen LogP) is 5.32. The summed E-state index contributed by atoms with van der Waals surface area (Å²) in [5.74, 6) is -0.115. The number of nitrogens with one attached hydrogen (secondary N) is 1. The van der Waals surface area contributed by atoms with Crippen molar-refractivity contribution in [1.29, 1.82) is 5.26 Å². The van der Waals surface area contributed by atoms with Crippen LogP contribution < -0.4 is 5.43 Å². The fourth-order valence-corrected chi connectivity index (χ4v) is 5.09. The molecule has 0 unspecified atom stereocenters. The molecule has 0 radical (unpaired) electrons. The number of piperidine rings is 1. The summed E-state index contributed by atoms with van der Waals surface area (Å²) in [6.45, 7) is 1.77. The Hall–Kier alpha value is -3.40. The number of rotatable bonds is 3. The number of hydrogen-bond acceptors (Lipinski definition) is 5. The summed E-state index contributed by atoms with van der Waals surface area (Å²) < 4.78 is 0. The molecule has 6 heteroatoms. The van der Waals surface area contributed by atoms with Gasteiger partial charge < -0.3 is 0 Å². The number of carbonyl (C=O) groups excluding carboxylic acids is 1. The lowest BCUT2D eigenvalue weighted by Gasteiger charge is -2.26. The van der Waals surface area contributed by atoms with Crippen LogP contribution in [-0.4, -0.2) is 29.7 Å². The van der Waals surface area contributed by atoms with Crippen molar-refractivity contribution in [3.05, 3.63) is 89.0 Å². The zero-order valence-corrected chi connectivity index (χ0v) is 18.4. The highest BCUT2D eigenvalue weighted by Gasteiger charge is 2.22. The Morgan fingerprint density at radius 1 is 0.938 bits per heavy atom. The van der Waals surface area contributed by atoms with E-state index >= 15 is 0 Å². The Bertz CT molecular complexity index is 1250. The third-order valence-corrected chi connectivity index (χ3v) is 6.87. The average Bonchev–Trinajstić information content (AvgIpc) is 3.01. The van der Waals surface area contributed by atoms with Crippen molar-refractivity contribution in [3.8, 4) is 6.07 Å². The summed E-state index contributed by atoms with van der Waals surface area (Å²) in [5.41, 5.74) is 7.45. The fraction of sp³-hybridized carbons (Fsp3) is 0.192. The maximum absolute atomic E-state index is 12.9. The Labute approximate surface area is 191 Å². The van der Waals surface area contributed by atoms with E-state index in [4.69, 9.17) is 4.99 Å². The predicted molar refractivity (Wildman–Crippen MR) is 126 cm³/mol. The standard InChI is InChI=1S/C26H22N4OS/c27-17-19-8-2-3-9-20(19)25-21-10-4-5-11-23(21)32-24-13-12-18(16-22(24)28-25)26(31)29-30-14-6-1-7-15-30/h2-5,8-13,16H,1,6-7,14-15H2,(H,29,31). The first-order valence-electron chi connectivity index (χ1n) is 10.8. The number of carbonyl (C=O) groups is 1. The van der Waals surface area contributed by atoms with Crippen LogP contribution in [0, 0.1) is 11.3 Å². The number of fused-ring (bicyclic) bond motifs is 2.